The summed E-state index contributed by atoms with van der Waals surface area (Å²) >= 11 is 0. The first-order valence-electron chi connectivity index (χ1n) is 21.1. The van der Waals surface area contributed by atoms with Gasteiger partial charge < -0.3 is 9.32 Å². The van der Waals surface area contributed by atoms with E-state index in [-0.39, 0.29) is 64.5 Å². The van der Waals surface area contributed by atoms with E-state index in [9.17, 15) is 4.11 Å². The Morgan fingerprint density at radius 3 is 2.00 bits per heavy atom. The topological polar surface area (TPSA) is 16.4 Å². The monoisotopic (exact) mass is 600 g/mol. The molecule has 0 atom stereocenters. The van der Waals surface area contributed by atoms with Crippen LogP contribution in [0.25, 0.3) is 65.7 Å². The van der Waals surface area contributed by atoms with E-state index < -0.39 is 42.3 Å². The fourth-order valence-electron chi connectivity index (χ4n) is 5.81. The van der Waals surface area contributed by atoms with E-state index in [0.29, 0.717) is 43.8 Å². The summed E-state index contributed by atoms with van der Waals surface area (Å²) in [5, 5.41) is 3.22. The van der Waals surface area contributed by atoms with Gasteiger partial charge in [-0.3, -0.25) is 0 Å². The minimum absolute atomic E-state index is 0.00559. The number of fused-ring (bicyclic) bond motifs is 6. The van der Waals surface area contributed by atoms with Crippen LogP contribution in [0.3, 0.4) is 0 Å². The van der Waals surface area contributed by atoms with E-state index in [1.54, 1.807) is 54.6 Å². The quantitative estimate of drug-likeness (QED) is 0.195. The minimum Gasteiger partial charge on any atom is -0.456 e. The average molecular weight is 601 g/mol. The van der Waals surface area contributed by atoms with Crippen LogP contribution < -0.4 is 4.90 Å². The molecular formula is C44H29NO. The number of hydrogen-bond donors (Lipinski definition) is 0. The summed E-state index contributed by atoms with van der Waals surface area (Å²) in [5.74, 6) is 0. The molecule has 0 aliphatic rings. The molecule has 46 heavy (non-hydrogen) atoms. The number of nitrogens with zero attached hydrogens (tertiary/aromatic N) is 1. The van der Waals surface area contributed by atoms with E-state index in [2.05, 4.69) is 0 Å². The molecule has 216 valence electrons. The molecule has 0 spiro atoms. The molecule has 8 aromatic carbocycles. The van der Waals surface area contributed by atoms with Crippen LogP contribution in [0.1, 0.15) is 17.8 Å². The van der Waals surface area contributed by atoms with Gasteiger partial charge in [0.15, 0.2) is 0 Å². The van der Waals surface area contributed by atoms with E-state index >= 15 is 0 Å². The van der Waals surface area contributed by atoms with Gasteiger partial charge >= 0.3 is 0 Å². The Bertz CT molecular complexity index is 3210. The van der Waals surface area contributed by atoms with Crippen LogP contribution in [0.5, 0.6) is 0 Å². The first kappa shape index (κ1) is 16.3. The molecule has 0 radical (unpaired) electrons. The van der Waals surface area contributed by atoms with Gasteiger partial charge in [-0.2, -0.15) is 0 Å². The van der Waals surface area contributed by atoms with E-state index in [4.69, 9.17) is 18.1 Å². The van der Waals surface area contributed by atoms with Crippen LogP contribution in [0.15, 0.2) is 180 Å². The fourth-order valence-corrected chi connectivity index (χ4v) is 5.81. The predicted molar refractivity (Wildman–Crippen MR) is 194 cm³/mol. The smallest absolute Gasteiger partial charge is 0.136 e. The lowest BCUT2D eigenvalue weighted by molar-refractivity contribution is 0.669. The van der Waals surface area contributed by atoms with Crippen LogP contribution in [-0.4, -0.2) is 0 Å². The standard InChI is InChI=1S/C44H29NO/c1-2-10-37(11-3-1)45(38-23-18-31(19-24-38)35-16-14-30-8-4-5-9-34(30)28-35)39-25-20-32(21-26-39)36-17-15-33-22-27-43-44(41(33)29-36)40-12-6-7-13-42(40)46-43/h1-29H/i1D,2D,3D,10D,11D,12D,18D,19D,22D,23D,24D,27D,29D. The van der Waals surface area contributed by atoms with Crippen molar-refractivity contribution in [2.45, 2.75) is 0 Å². The highest BCUT2D eigenvalue weighted by Crippen LogP contribution is 2.39. The van der Waals surface area contributed by atoms with Crippen LogP contribution in [0, 0.1) is 0 Å². The Balaban J connectivity index is 1.26. The molecule has 9 aromatic rings. The number of benzene rings is 8. The lowest BCUT2D eigenvalue weighted by Crippen LogP contribution is -2.09. The second kappa shape index (κ2) is 10.8. The summed E-state index contributed by atoms with van der Waals surface area (Å²) in [7, 11) is 0. The molecule has 2 nitrogen and oxygen atoms in total. The highest BCUT2D eigenvalue weighted by Gasteiger charge is 2.14. The summed E-state index contributed by atoms with van der Waals surface area (Å²) in [6.45, 7) is 0. The van der Waals surface area contributed by atoms with E-state index in [1.807, 2.05) is 30.3 Å². The molecule has 1 aromatic heterocycles. The molecule has 0 saturated carbocycles. The molecule has 2 heteroatoms. The van der Waals surface area contributed by atoms with Gasteiger partial charge in [0.2, 0.25) is 0 Å². The number of furan rings is 1. The number of para-hydroxylation sites is 2. The Hall–Kier alpha value is -6.12. The summed E-state index contributed by atoms with van der Waals surface area (Å²) in [5.41, 5.74) is 1.28. The first-order chi connectivity index (χ1) is 28.2. The van der Waals surface area contributed by atoms with E-state index in [0.717, 1.165) is 15.7 Å². The van der Waals surface area contributed by atoms with Crippen molar-refractivity contribution >= 4 is 60.5 Å². The van der Waals surface area contributed by atoms with Gasteiger partial charge in [0.25, 0.3) is 0 Å². The zero-order chi connectivity index (χ0) is 41.8. The highest BCUT2D eigenvalue weighted by atomic mass is 16.3. The van der Waals surface area contributed by atoms with Gasteiger partial charge in [-0.15, -0.1) is 0 Å². The normalized spacial score (nSPS) is 15.4. The van der Waals surface area contributed by atoms with Gasteiger partial charge in [-0.05, 0) is 104 Å². The maximum absolute atomic E-state index is 9.42. The fraction of sp³-hybridized carbons (Fsp3) is 0. The summed E-state index contributed by atoms with van der Waals surface area (Å²) in [6, 6.07) is 22.3. The lowest BCUT2D eigenvalue weighted by atomic mass is 9.98. The van der Waals surface area contributed by atoms with Crippen molar-refractivity contribution in [3.8, 4) is 22.3 Å². The number of hydrogen-bond acceptors (Lipinski definition) is 2. The number of rotatable bonds is 5. The predicted octanol–water partition coefficient (Wildman–Crippen LogP) is 12.7. The largest absolute Gasteiger partial charge is 0.456 e. The first-order valence-corrected chi connectivity index (χ1v) is 14.6. The van der Waals surface area contributed by atoms with Gasteiger partial charge in [0, 0.05) is 27.8 Å². The molecular weight excluding hydrogens is 558 g/mol. The summed E-state index contributed by atoms with van der Waals surface area (Å²) in [6.07, 6.45) is 0. The third-order valence-electron chi connectivity index (χ3n) is 8.03. The van der Waals surface area contributed by atoms with Crippen molar-refractivity contribution in [3.63, 3.8) is 0 Å². The van der Waals surface area contributed by atoms with Crippen LogP contribution in [0.4, 0.5) is 17.1 Å². The zero-order valence-electron chi connectivity index (χ0n) is 37.1. The van der Waals surface area contributed by atoms with E-state index in [1.165, 1.54) is 12.1 Å². The highest BCUT2D eigenvalue weighted by molar-refractivity contribution is 6.19. The van der Waals surface area contributed by atoms with Gasteiger partial charge in [-0.25, -0.2) is 0 Å². The molecule has 0 N–H and O–H groups in total. The van der Waals surface area contributed by atoms with Crippen LogP contribution in [0.2, 0.25) is 0 Å². The van der Waals surface area contributed by atoms with Crippen molar-refractivity contribution in [2.24, 2.45) is 0 Å². The molecule has 0 aliphatic heterocycles. The second-order valence-corrected chi connectivity index (χ2v) is 10.8. The molecule has 0 bridgehead atoms. The third kappa shape index (κ3) is 4.51. The van der Waals surface area contributed by atoms with Crippen molar-refractivity contribution in [1.82, 2.24) is 0 Å². The van der Waals surface area contributed by atoms with Crippen LogP contribution in [-0.2, 0) is 0 Å². The van der Waals surface area contributed by atoms with Gasteiger partial charge in [0.05, 0.1) is 17.8 Å². The Morgan fingerprint density at radius 1 is 0.435 bits per heavy atom. The van der Waals surface area contributed by atoms with Gasteiger partial charge in [-0.1, -0.05) is 115 Å². The third-order valence-corrected chi connectivity index (χ3v) is 8.03. The summed E-state index contributed by atoms with van der Waals surface area (Å²) in [4.78, 5) is 1.15. The Labute approximate surface area is 285 Å². The van der Waals surface area contributed by atoms with Crippen molar-refractivity contribution < 1.29 is 22.2 Å². The van der Waals surface area contributed by atoms with Gasteiger partial charge in [0.1, 0.15) is 11.2 Å². The summed E-state index contributed by atoms with van der Waals surface area (Å²) < 4.78 is 121. The maximum Gasteiger partial charge on any atom is 0.136 e. The Morgan fingerprint density at radius 2 is 1.15 bits per heavy atom. The van der Waals surface area contributed by atoms with Crippen molar-refractivity contribution in [1.29, 1.82) is 0 Å². The SMILES string of the molecule is [2H]c1c([2H])c([2H])c(N(c2ccc(-c3ccc4c([2H])c([2H])c5oc6cccc([2H])c6c5c4c3[2H])cc2)c2c([2H])c([2H])c(-c3ccc4ccccc4c3)c([2H])c2[2H])c([2H])c1[2H]. The van der Waals surface area contributed by atoms with Crippen molar-refractivity contribution in [3.05, 3.63) is 176 Å². The maximum atomic E-state index is 9.42. The molecule has 0 saturated heterocycles. The van der Waals surface area contributed by atoms with Crippen LogP contribution >= 0.6 is 0 Å². The van der Waals surface area contributed by atoms with Crippen molar-refractivity contribution in [2.75, 3.05) is 4.90 Å². The molecule has 0 amide bonds. The lowest BCUT2D eigenvalue weighted by Gasteiger charge is -2.26. The zero-order valence-corrected chi connectivity index (χ0v) is 24.1. The second-order valence-electron chi connectivity index (χ2n) is 10.8. The molecule has 0 aliphatic carbocycles. The molecule has 0 fully saturated rings. The molecule has 0 unspecified atom stereocenters. The minimum atomic E-state index is -0.654. The molecule has 9 rings (SSSR count). The molecule has 1 heterocycles. The Kier molecular flexibility index (Phi) is 3.82. The number of anilines is 3. The average Bonchev–Trinajstić information content (AvgIpc) is 3.64.